The molecule has 3 rings (SSSR count). The van der Waals surface area contributed by atoms with Gasteiger partial charge in [0.1, 0.15) is 5.15 Å². The molecule has 0 aliphatic rings. The summed E-state index contributed by atoms with van der Waals surface area (Å²) in [6.07, 6.45) is 1.01. The lowest BCUT2D eigenvalue weighted by molar-refractivity contribution is 0.168. The number of rotatable bonds is 3. The van der Waals surface area contributed by atoms with Crippen LogP contribution in [0.3, 0.4) is 0 Å². The van der Waals surface area contributed by atoms with Gasteiger partial charge in [-0.25, -0.2) is 9.78 Å². The van der Waals surface area contributed by atoms with Crippen LogP contribution in [-0.4, -0.2) is 49.2 Å². The fraction of sp³-hybridized carbons (Fsp3) is 0.267. The van der Waals surface area contributed by atoms with Gasteiger partial charge in [0.2, 0.25) is 5.78 Å². The molecule has 0 atom stereocenters. The number of aryl methyl sites for hydroxylation is 1. The number of ether oxygens (including phenoxy) is 1. The van der Waals surface area contributed by atoms with E-state index in [-0.39, 0.29) is 17.3 Å². The molecule has 3 aromatic heterocycles. The highest BCUT2D eigenvalue weighted by molar-refractivity contribution is 6.29. The van der Waals surface area contributed by atoms with Gasteiger partial charge in [0, 0.05) is 32.1 Å². The van der Waals surface area contributed by atoms with Crippen molar-refractivity contribution in [1.82, 2.24) is 29.0 Å². The second kappa shape index (κ2) is 6.52. The Morgan fingerprint density at radius 2 is 2.12 bits per heavy atom. The molecule has 0 spiro atoms. The van der Waals surface area contributed by atoms with E-state index in [4.69, 9.17) is 16.3 Å². The van der Waals surface area contributed by atoms with Crippen molar-refractivity contribution in [2.45, 2.75) is 13.5 Å². The molecule has 0 saturated heterocycles. The molecule has 0 aliphatic heterocycles. The Hall–Kier alpha value is -2.94. The van der Waals surface area contributed by atoms with Gasteiger partial charge in [-0.1, -0.05) is 17.7 Å². The first-order chi connectivity index (χ1) is 11.8. The highest BCUT2D eigenvalue weighted by atomic mass is 35.5. The van der Waals surface area contributed by atoms with Crippen LogP contribution in [-0.2, 0) is 6.54 Å². The summed E-state index contributed by atoms with van der Waals surface area (Å²) in [6, 6.07) is 4.75. The van der Waals surface area contributed by atoms with Gasteiger partial charge in [-0.15, -0.1) is 5.10 Å². The molecule has 0 N–H and O–H groups in total. The lowest BCUT2D eigenvalue weighted by Crippen LogP contribution is -2.25. The zero-order valence-corrected chi connectivity index (χ0v) is 14.6. The first-order valence-corrected chi connectivity index (χ1v) is 7.70. The minimum Gasteiger partial charge on any atom is -0.373 e. The van der Waals surface area contributed by atoms with Gasteiger partial charge >= 0.3 is 12.1 Å². The molecule has 3 aromatic rings. The number of hydrogen-bond acceptors (Lipinski definition) is 6. The standard InChI is InChI=1S/C15H15ClN6O3/c1-9-6-12(23)22-14(18-13(19-22)25-15(24)20(2)3)21(9)8-10-4-5-11(16)17-7-10/h4-7H,8H2,1-3H3. The molecule has 0 aliphatic carbocycles. The van der Waals surface area contributed by atoms with Crippen LogP contribution in [0.1, 0.15) is 11.3 Å². The van der Waals surface area contributed by atoms with Crippen LogP contribution in [0.25, 0.3) is 5.78 Å². The summed E-state index contributed by atoms with van der Waals surface area (Å²) < 4.78 is 7.90. The molecule has 1 amide bonds. The number of carbonyl (C=O) groups is 1. The molecule has 0 unspecified atom stereocenters. The third-order valence-corrected chi connectivity index (χ3v) is 3.68. The topological polar surface area (TPSA) is 94.6 Å². The van der Waals surface area contributed by atoms with Gasteiger partial charge in [-0.2, -0.15) is 9.50 Å². The zero-order chi connectivity index (χ0) is 18.1. The molecule has 130 valence electrons. The smallest absolute Gasteiger partial charge is 0.373 e. The van der Waals surface area contributed by atoms with Crippen LogP contribution in [0.5, 0.6) is 6.01 Å². The fourth-order valence-electron chi connectivity index (χ4n) is 2.17. The predicted octanol–water partition coefficient (Wildman–Crippen LogP) is 1.36. The van der Waals surface area contributed by atoms with Gasteiger partial charge in [-0.05, 0) is 18.6 Å². The first kappa shape index (κ1) is 16.9. The highest BCUT2D eigenvalue weighted by Crippen LogP contribution is 2.13. The quantitative estimate of drug-likeness (QED) is 0.653. The van der Waals surface area contributed by atoms with Crippen LogP contribution in [0.15, 0.2) is 29.2 Å². The van der Waals surface area contributed by atoms with Crippen molar-refractivity contribution in [2.75, 3.05) is 14.1 Å². The van der Waals surface area contributed by atoms with E-state index in [1.807, 2.05) is 6.07 Å². The highest BCUT2D eigenvalue weighted by Gasteiger charge is 2.16. The average molecular weight is 363 g/mol. The predicted molar refractivity (Wildman–Crippen MR) is 90.0 cm³/mol. The summed E-state index contributed by atoms with van der Waals surface area (Å²) in [5.41, 5.74) is 1.19. The number of aromatic nitrogens is 5. The average Bonchev–Trinajstić information content (AvgIpc) is 2.97. The van der Waals surface area contributed by atoms with Crippen molar-refractivity contribution in [3.8, 4) is 6.01 Å². The lowest BCUT2D eigenvalue weighted by Gasteiger charge is -2.11. The van der Waals surface area contributed by atoms with Crippen molar-refractivity contribution < 1.29 is 9.53 Å². The summed E-state index contributed by atoms with van der Waals surface area (Å²) in [5, 5.41) is 4.35. The van der Waals surface area contributed by atoms with E-state index in [9.17, 15) is 9.59 Å². The monoisotopic (exact) mass is 362 g/mol. The Balaban J connectivity index is 2.05. The van der Waals surface area contributed by atoms with E-state index >= 15 is 0 Å². The van der Waals surface area contributed by atoms with Crippen molar-refractivity contribution >= 4 is 23.5 Å². The summed E-state index contributed by atoms with van der Waals surface area (Å²) in [5.74, 6) is 0.265. The minimum absolute atomic E-state index is 0.190. The number of pyridine rings is 1. The molecule has 0 saturated carbocycles. The molecular weight excluding hydrogens is 348 g/mol. The molecule has 9 nitrogen and oxygen atoms in total. The molecule has 0 bridgehead atoms. The van der Waals surface area contributed by atoms with Crippen molar-refractivity contribution in [3.63, 3.8) is 0 Å². The van der Waals surface area contributed by atoms with E-state index in [2.05, 4.69) is 15.1 Å². The molecule has 0 radical (unpaired) electrons. The third kappa shape index (κ3) is 3.45. The van der Waals surface area contributed by atoms with Crippen molar-refractivity contribution in [2.24, 2.45) is 0 Å². The Bertz CT molecular complexity index is 993. The van der Waals surface area contributed by atoms with E-state index in [0.717, 1.165) is 10.1 Å². The van der Waals surface area contributed by atoms with Crippen molar-refractivity contribution in [1.29, 1.82) is 0 Å². The van der Waals surface area contributed by atoms with Crippen LogP contribution in [0.4, 0.5) is 4.79 Å². The Morgan fingerprint density at radius 1 is 1.36 bits per heavy atom. The normalized spacial score (nSPS) is 10.9. The second-order valence-electron chi connectivity index (χ2n) is 5.57. The Labute approximate surface area is 147 Å². The van der Waals surface area contributed by atoms with Gasteiger partial charge in [-0.3, -0.25) is 4.79 Å². The maximum atomic E-state index is 12.1. The largest absolute Gasteiger partial charge is 0.417 e. The van der Waals surface area contributed by atoms with E-state index in [0.29, 0.717) is 17.4 Å². The summed E-state index contributed by atoms with van der Waals surface area (Å²) >= 11 is 5.80. The van der Waals surface area contributed by atoms with Crippen LogP contribution >= 0.6 is 11.6 Å². The van der Waals surface area contributed by atoms with E-state index in [1.165, 1.54) is 25.1 Å². The van der Waals surface area contributed by atoms with Gasteiger partial charge in [0.15, 0.2) is 0 Å². The fourth-order valence-corrected chi connectivity index (χ4v) is 2.29. The lowest BCUT2D eigenvalue weighted by atomic mass is 10.3. The second-order valence-corrected chi connectivity index (χ2v) is 5.96. The zero-order valence-electron chi connectivity index (χ0n) is 13.8. The summed E-state index contributed by atoms with van der Waals surface area (Å²) in [4.78, 5) is 33.3. The summed E-state index contributed by atoms with van der Waals surface area (Å²) in [7, 11) is 3.07. The van der Waals surface area contributed by atoms with Gasteiger partial charge in [0.05, 0.1) is 6.54 Å². The number of nitrogens with zero attached hydrogens (tertiary/aromatic N) is 6. The number of amides is 1. The molecule has 10 heteroatoms. The Kier molecular flexibility index (Phi) is 4.41. The molecule has 0 fully saturated rings. The van der Waals surface area contributed by atoms with Crippen LogP contribution in [0.2, 0.25) is 5.15 Å². The van der Waals surface area contributed by atoms with E-state index < -0.39 is 6.09 Å². The number of halogens is 1. The minimum atomic E-state index is -0.631. The SMILES string of the molecule is Cc1cc(=O)n2nc(OC(=O)N(C)C)nc2n1Cc1ccc(Cl)nc1. The van der Waals surface area contributed by atoms with Gasteiger partial charge < -0.3 is 14.2 Å². The first-order valence-electron chi connectivity index (χ1n) is 7.32. The number of carbonyl (C=O) groups excluding carboxylic acids is 1. The molecule has 25 heavy (non-hydrogen) atoms. The maximum absolute atomic E-state index is 12.1. The van der Waals surface area contributed by atoms with Crippen molar-refractivity contribution in [3.05, 3.63) is 51.2 Å². The number of hydrogen-bond donors (Lipinski definition) is 0. The maximum Gasteiger partial charge on any atom is 0.417 e. The third-order valence-electron chi connectivity index (χ3n) is 3.45. The Morgan fingerprint density at radius 3 is 2.76 bits per heavy atom. The molecule has 3 heterocycles. The number of fused-ring (bicyclic) bond motifs is 1. The summed E-state index contributed by atoms with van der Waals surface area (Å²) in [6.45, 7) is 2.18. The van der Waals surface area contributed by atoms with Crippen LogP contribution in [0, 0.1) is 6.92 Å². The molecule has 0 aromatic carbocycles. The van der Waals surface area contributed by atoms with E-state index in [1.54, 1.807) is 23.8 Å². The van der Waals surface area contributed by atoms with Crippen LogP contribution < -0.4 is 10.3 Å². The van der Waals surface area contributed by atoms with Gasteiger partial charge in [0.25, 0.3) is 5.56 Å². The molecular formula is C15H15ClN6O3.